The fraction of sp³-hybridized carbons (Fsp3) is 0.111. The largest absolute Gasteiger partial charge is 0.359 e. The predicted octanol–water partition coefficient (Wildman–Crippen LogP) is 2.62. The molecular weight excluding hydrogens is 141 g/mol. The lowest BCUT2D eigenvalue weighted by Crippen LogP contribution is -1.75. The van der Waals surface area contributed by atoms with E-state index in [2.05, 4.69) is 4.98 Å². The number of halogens is 1. The highest BCUT2D eigenvalue weighted by molar-refractivity contribution is 5.83. The van der Waals surface area contributed by atoms with E-state index >= 15 is 0 Å². The topological polar surface area (TPSA) is 15.8 Å². The van der Waals surface area contributed by atoms with Gasteiger partial charge in [0.25, 0.3) is 0 Å². The number of para-hydroxylation sites is 1. The van der Waals surface area contributed by atoms with Crippen molar-refractivity contribution >= 4 is 10.9 Å². The van der Waals surface area contributed by atoms with Crippen LogP contribution in [-0.4, -0.2) is 4.98 Å². The molecule has 2 heteroatoms. The highest BCUT2D eigenvalue weighted by Crippen LogP contribution is 2.19. The third kappa shape index (κ3) is 0.827. The fourth-order valence-electron chi connectivity index (χ4n) is 1.26. The summed E-state index contributed by atoms with van der Waals surface area (Å²) in [5, 5.41) is 0.963. The number of H-pyrrole nitrogens is 1. The number of aromatic nitrogens is 1. The van der Waals surface area contributed by atoms with Crippen molar-refractivity contribution in [3.8, 4) is 0 Å². The highest BCUT2D eigenvalue weighted by atomic mass is 19.1. The van der Waals surface area contributed by atoms with Crippen LogP contribution in [0.3, 0.4) is 0 Å². The van der Waals surface area contributed by atoms with Gasteiger partial charge in [0.05, 0.1) is 5.52 Å². The lowest BCUT2D eigenvalue weighted by molar-refractivity contribution is 0.637. The first-order valence-corrected chi connectivity index (χ1v) is 3.51. The average Bonchev–Trinajstić information content (AvgIpc) is 2.35. The molecule has 1 nitrogen and oxygen atoms in total. The van der Waals surface area contributed by atoms with Crippen LogP contribution in [0, 0.1) is 12.7 Å². The average molecular weight is 149 g/mol. The summed E-state index contributed by atoms with van der Waals surface area (Å²) in [6, 6.07) is 5.08. The first-order chi connectivity index (χ1) is 5.29. The molecule has 0 bridgehead atoms. The van der Waals surface area contributed by atoms with Crippen molar-refractivity contribution in [2.45, 2.75) is 6.92 Å². The van der Waals surface area contributed by atoms with E-state index in [0.29, 0.717) is 5.52 Å². The molecule has 56 valence electrons. The Labute approximate surface area is 63.9 Å². The molecule has 0 aliphatic heterocycles. The molecule has 0 saturated heterocycles. The minimum absolute atomic E-state index is 0.185. The fourth-order valence-corrected chi connectivity index (χ4v) is 1.26. The Morgan fingerprint density at radius 2 is 2.18 bits per heavy atom. The Balaban J connectivity index is 2.94. The SMILES string of the molecule is Cc1c[nH]c2c(F)cccc12. The van der Waals surface area contributed by atoms with E-state index in [1.807, 2.05) is 19.2 Å². The lowest BCUT2D eigenvalue weighted by atomic mass is 10.2. The van der Waals surface area contributed by atoms with Gasteiger partial charge < -0.3 is 4.98 Å². The number of nitrogens with one attached hydrogen (secondary N) is 1. The second-order valence-electron chi connectivity index (χ2n) is 2.63. The first kappa shape index (κ1) is 6.40. The van der Waals surface area contributed by atoms with Crippen LogP contribution >= 0.6 is 0 Å². The predicted molar refractivity (Wildman–Crippen MR) is 43.0 cm³/mol. The Kier molecular flexibility index (Phi) is 1.22. The highest BCUT2D eigenvalue weighted by Gasteiger charge is 2.02. The van der Waals surface area contributed by atoms with Gasteiger partial charge in [-0.3, -0.25) is 0 Å². The smallest absolute Gasteiger partial charge is 0.147 e. The van der Waals surface area contributed by atoms with E-state index < -0.39 is 0 Å². The zero-order valence-corrected chi connectivity index (χ0v) is 6.19. The molecule has 11 heavy (non-hydrogen) atoms. The molecule has 1 aromatic heterocycles. The summed E-state index contributed by atoms with van der Waals surface area (Å²) in [5.41, 5.74) is 1.68. The van der Waals surface area contributed by atoms with Gasteiger partial charge in [0, 0.05) is 11.6 Å². The summed E-state index contributed by atoms with van der Waals surface area (Å²) in [6.45, 7) is 1.96. The van der Waals surface area contributed by atoms with Crippen LogP contribution < -0.4 is 0 Å². The Morgan fingerprint density at radius 3 is 2.91 bits per heavy atom. The maximum Gasteiger partial charge on any atom is 0.147 e. The number of hydrogen-bond acceptors (Lipinski definition) is 0. The van der Waals surface area contributed by atoms with Crippen molar-refractivity contribution in [2.24, 2.45) is 0 Å². The summed E-state index contributed by atoms with van der Waals surface area (Å²) in [4.78, 5) is 2.88. The molecule has 1 N–H and O–H groups in total. The Bertz CT molecular complexity index is 389. The van der Waals surface area contributed by atoms with Crippen LogP contribution in [0.5, 0.6) is 0 Å². The molecule has 0 fully saturated rings. The van der Waals surface area contributed by atoms with Gasteiger partial charge in [-0.05, 0) is 18.6 Å². The number of rotatable bonds is 0. The molecule has 1 heterocycles. The Hall–Kier alpha value is -1.31. The van der Waals surface area contributed by atoms with Gasteiger partial charge in [0.15, 0.2) is 0 Å². The minimum atomic E-state index is -0.185. The second kappa shape index (κ2) is 2.09. The van der Waals surface area contributed by atoms with E-state index in [9.17, 15) is 4.39 Å². The second-order valence-corrected chi connectivity index (χ2v) is 2.63. The van der Waals surface area contributed by atoms with Crippen LogP contribution in [0.1, 0.15) is 5.56 Å². The van der Waals surface area contributed by atoms with E-state index in [-0.39, 0.29) is 5.82 Å². The lowest BCUT2D eigenvalue weighted by Gasteiger charge is -1.90. The molecule has 2 rings (SSSR count). The van der Waals surface area contributed by atoms with Gasteiger partial charge >= 0.3 is 0 Å². The van der Waals surface area contributed by atoms with Gasteiger partial charge in [-0.25, -0.2) is 4.39 Å². The summed E-state index contributed by atoms with van der Waals surface area (Å²) < 4.78 is 13.0. The molecule has 0 aliphatic carbocycles. The number of fused-ring (bicyclic) bond motifs is 1. The van der Waals surface area contributed by atoms with Crippen LogP contribution in [0.25, 0.3) is 10.9 Å². The van der Waals surface area contributed by atoms with E-state index in [1.165, 1.54) is 6.07 Å². The minimum Gasteiger partial charge on any atom is -0.359 e. The van der Waals surface area contributed by atoms with E-state index in [1.54, 1.807) is 6.07 Å². The summed E-state index contributed by atoms with van der Waals surface area (Å²) in [6.07, 6.45) is 1.81. The maximum atomic E-state index is 13.0. The molecule has 0 spiro atoms. The van der Waals surface area contributed by atoms with Gasteiger partial charge in [-0.15, -0.1) is 0 Å². The molecule has 0 unspecified atom stereocenters. The van der Waals surface area contributed by atoms with Gasteiger partial charge in [0.1, 0.15) is 5.82 Å². The zero-order valence-electron chi connectivity index (χ0n) is 6.19. The van der Waals surface area contributed by atoms with E-state index in [0.717, 1.165) is 10.9 Å². The van der Waals surface area contributed by atoms with Gasteiger partial charge in [-0.1, -0.05) is 12.1 Å². The van der Waals surface area contributed by atoms with Crippen molar-refractivity contribution in [1.29, 1.82) is 0 Å². The summed E-state index contributed by atoms with van der Waals surface area (Å²) >= 11 is 0. The van der Waals surface area contributed by atoms with Crippen molar-refractivity contribution in [2.75, 3.05) is 0 Å². The quantitative estimate of drug-likeness (QED) is 0.592. The van der Waals surface area contributed by atoms with Crippen molar-refractivity contribution in [1.82, 2.24) is 4.98 Å². The third-order valence-corrected chi connectivity index (χ3v) is 1.87. The van der Waals surface area contributed by atoms with Crippen LogP contribution in [0.2, 0.25) is 0 Å². The first-order valence-electron chi connectivity index (χ1n) is 3.51. The number of aromatic amines is 1. The normalized spacial score (nSPS) is 10.7. The van der Waals surface area contributed by atoms with Crippen molar-refractivity contribution in [3.05, 3.63) is 35.8 Å². The summed E-state index contributed by atoms with van der Waals surface area (Å²) in [7, 11) is 0. The molecule has 0 atom stereocenters. The molecule has 2 aromatic rings. The molecule has 0 amide bonds. The number of hydrogen-bond donors (Lipinski definition) is 1. The molecule has 0 aliphatic rings. The Morgan fingerprint density at radius 1 is 1.36 bits per heavy atom. The zero-order chi connectivity index (χ0) is 7.84. The third-order valence-electron chi connectivity index (χ3n) is 1.87. The molecule has 0 saturated carbocycles. The van der Waals surface area contributed by atoms with Crippen molar-refractivity contribution < 1.29 is 4.39 Å². The molecule has 1 aromatic carbocycles. The van der Waals surface area contributed by atoms with Crippen LogP contribution in [0.4, 0.5) is 4.39 Å². The number of aryl methyl sites for hydroxylation is 1. The van der Waals surface area contributed by atoms with Gasteiger partial charge in [0.2, 0.25) is 0 Å². The maximum absolute atomic E-state index is 13.0. The van der Waals surface area contributed by atoms with Crippen LogP contribution in [0.15, 0.2) is 24.4 Å². The number of benzene rings is 1. The molecule has 0 radical (unpaired) electrons. The van der Waals surface area contributed by atoms with Gasteiger partial charge in [-0.2, -0.15) is 0 Å². The van der Waals surface area contributed by atoms with E-state index in [4.69, 9.17) is 0 Å². The standard InChI is InChI=1S/C9H8FN/c1-6-5-11-9-7(6)3-2-4-8(9)10/h2-5,11H,1H3. The molecular formula is C9H8FN. The summed E-state index contributed by atoms with van der Waals surface area (Å²) in [5.74, 6) is -0.185. The monoisotopic (exact) mass is 149 g/mol. The van der Waals surface area contributed by atoms with Crippen LogP contribution in [-0.2, 0) is 0 Å². The van der Waals surface area contributed by atoms with Crippen molar-refractivity contribution in [3.63, 3.8) is 0 Å².